The molecule has 1 saturated heterocycles. The number of aromatic nitrogens is 2. The maximum atomic E-state index is 6.23. The third kappa shape index (κ3) is 2.09. The summed E-state index contributed by atoms with van der Waals surface area (Å²) >= 11 is 6.23. The first-order chi connectivity index (χ1) is 9.08. The number of imidazole rings is 1. The van der Waals surface area contributed by atoms with Gasteiger partial charge in [0.05, 0.1) is 5.52 Å². The molecule has 0 aliphatic carbocycles. The smallest absolute Gasteiger partial charge is 0.155 e. The van der Waals surface area contributed by atoms with Crippen molar-refractivity contribution in [2.75, 3.05) is 18.8 Å². The van der Waals surface area contributed by atoms with E-state index in [0.717, 1.165) is 30.9 Å². The van der Waals surface area contributed by atoms with E-state index in [1.807, 2.05) is 22.6 Å². The van der Waals surface area contributed by atoms with Crippen molar-refractivity contribution >= 4 is 22.9 Å². The van der Waals surface area contributed by atoms with Crippen LogP contribution in [0.4, 0.5) is 5.82 Å². The lowest BCUT2D eigenvalue weighted by Gasteiger charge is -2.20. The molecular weight excluding hydrogens is 260 g/mol. The van der Waals surface area contributed by atoms with Gasteiger partial charge in [-0.15, -0.1) is 0 Å². The summed E-state index contributed by atoms with van der Waals surface area (Å²) in [5.74, 6) is 2.11. The molecular formula is C14H19ClN4. The summed E-state index contributed by atoms with van der Waals surface area (Å²) in [6, 6.07) is 6.34. The molecule has 2 N–H and O–H groups in total. The average Bonchev–Trinajstić information content (AvgIpc) is 2.95. The molecule has 1 atom stereocenters. The summed E-state index contributed by atoms with van der Waals surface area (Å²) in [6.45, 7) is 6.60. The average molecular weight is 279 g/mol. The Bertz CT molecular complexity index is 605. The fourth-order valence-electron chi connectivity index (χ4n) is 2.89. The first-order valence-corrected chi connectivity index (χ1v) is 7.12. The number of hydrogen-bond acceptors (Lipinski definition) is 3. The number of likely N-dealkylation sites (tertiary alicyclic amines) is 1. The second kappa shape index (κ2) is 4.69. The number of nitrogens with two attached hydrogens (primary N) is 1. The highest BCUT2D eigenvalue weighted by Crippen LogP contribution is 2.32. The van der Waals surface area contributed by atoms with Crippen molar-refractivity contribution in [2.24, 2.45) is 0 Å². The molecule has 0 amide bonds. The zero-order valence-electron chi connectivity index (χ0n) is 11.3. The largest absolute Gasteiger partial charge is 0.385 e. The van der Waals surface area contributed by atoms with Crippen LogP contribution < -0.4 is 5.73 Å². The SMILES string of the molecule is CC(C)N1CCC(c2nc(Cl)c3cccc(N)n23)C1. The summed E-state index contributed by atoms with van der Waals surface area (Å²) in [5, 5.41) is 0.547. The lowest BCUT2D eigenvalue weighted by atomic mass is 10.1. The summed E-state index contributed by atoms with van der Waals surface area (Å²) in [7, 11) is 0. The molecule has 2 aromatic heterocycles. The molecule has 0 spiro atoms. The molecule has 0 aromatic carbocycles. The van der Waals surface area contributed by atoms with Crippen LogP contribution in [0.1, 0.15) is 32.0 Å². The number of nitrogens with zero attached hydrogens (tertiary/aromatic N) is 3. The Morgan fingerprint density at radius 1 is 1.42 bits per heavy atom. The lowest BCUT2D eigenvalue weighted by molar-refractivity contribution is 0.272. The van der Waals surface area contributed by atoms with Gasteiger partial charge in [0.2, 0.25) is 0 Å². The number of pyridine rings is 1. The second-order valence-corrected chi connectivity index (χ2v) is 5.86. The van der Waals surface area contributed by atoms with Gasteiger partial charge < -0.3 is 10.6 Å². The Labute approximate surface area is 118 Å². The van der Waals surface area contributed by atoms with Gasteiger partial charge >= 0.3 is 0 Å². The zero-order chi connectivity index (χ0) is 13.6. The van der Waals surface area contributed by atoms with Crippen LogP contribution in [-0.2, 0) is 0 Å². The van der Waals surface area contributed by atoms with Crippen molar-refractivity contribution in [1.29, 1.82) is 0 Å². The quantitative estimate of drug-likeness (QED) is 0.919. The zero-order valence-corrected chi connectivity index (χ0v) is 12.1. The van der Waals surface area contributed by atoms with E-state index in [-0.39, 0.29) is 0 Å². The molecule has 102 valence electrons. The minimum absolute atomic E-state index is 0.409. The van der Waals surface area contributed by atoms with Crippen molar-refractivity contribution in [2.45, 2.75) is 32.2 Å². The van der Waals surface area contributed by atoms with E-state index in [4.69, 9.17) is 17.3 Å². The van der Waals surface area contributed by atoms with Gasteiger partial charge in [-0.2, -0.15) is 0 Å². The fourth-order valence-corrected chi connectivity index (χ4v) is 3.13. The normalized spacial score (nSPS) is 20.7. The van der Waals surface area contributed by atoms with Crippen LogP contribution in [0.15, 0.2) is 18.2 Å². The third-order valence-corrected chi connectivity index (χ3v) is 4.27. The Kier molecular flexibility index (Phi) is 3.15. The first kappa shape index (κ1) is 12.8. The number of nitrogen functional groups attached to an aromatic ring is 1. The predicted octanol–water partition coefficient (Wildman–Crippen LogP) is 2.77. The van der Waals surface area contributed by atoms with Crippen molar-refractivity contribution in [3.63, 3.8) is 0 Å². The number of hydrogen-bond donors (Lipinski definition) is 1. The summed E-state index contributed by atoms with van der Waals surface area (Å²) < 4.78 is 2.00. The van der Waals surface area contributed by atoms with Crippen molar-refractivity contribution in [3.05, 3.63) is 29.2 Å². The van der Waals surface area contributed by atoms with Gasteiger partial charge in [0.25, 0.3) is 0 Å². The fraction of sp³-hybridized carbons (Fsp3) is 0.500. The van der Waals surface area contributed by atoms with Gasteiger partial charge in [-0.05, 0) is 38.9 Å². The summed E-state index contributed by atoms with van der Waals surface area (Å²) in [5.41, 5.74) is 6.99. The molecule has 0 bridgehead atoms. The standard InChI is InChI=1S/C14H19ClN4/c1-9(2)18-7-6-10(8-18)14-17-13(15)11-4-3-5-12(16)19(11)14/h3-5,9-10H,6-8,16H2,1-2H3. The van der Waals surface area contributed by atoms with Gasteiger partial charge in [-0.3, -0.25) is 4.40 Å². The molecule has 1 aliphatic rings. The van der Waals surface area contributed by atoms with E-state index in [0.29, 0.717) is 22.9 Å². The van der Waals surface area contributed by atoms with Crippen molar-refractivity contribution in [3.8, 4) is 0 Å². The van der Waals surface area contributed by atoms with Crippen LogP contribution in [0, 0.1) is 0 Å². The first-order valence-electron chi connectivity index (χ1n) is 6.74. The minimum atomic E-state index is 0.409. The Morgan fingerprint density at radius 3 is 2.89 bits per heavy atom. The van der Waals surface area contributed by atoms with E-state index in [1.165, 1.54) is 0 Å². The Hall–Kier alpha value is -1.26. The molecule has 1 aliphatic heterocycles. The van der Waals surface area contributed by atoms with Gasteiger partial charge in [-0.25, -0.2) is 4.98 Å². The van der Waals surface area contributed by atoms with Crippen LogP contribution in [-0.4, -0.2) is 33.4 Å². The topological polar surface area (TPSA) is 46.6 Å². The predicted molar refractivity (Wildman–Crippen MR) is 78.7 cm³/mol. The highest BCUT2D eigenvalue weighted by atomic mass is 35.5. The Balaban J connectivity index is 2.02. The second-order valence-electron chi connectivity index (χ2n) is 5.51. The van der Waals surface area contributed by atoms with Crippen LogP contribution in [0.3, 0.4) is 0 Å². The molecule has 3 rings (SSSR count). The number of rotatable bonds is 2. The number of halogens is 1. The third-order valence-electron chi connectivity index (χ3n) is 3.99. The van der Waals surface area contributed by atoms with Crippen molar-refractivity contribution in [1.82, 2.24) is 14.3 Å². The van der Waals surface area contributed by atoms with Gasteiger partial charge in [-0.1, -0.05) is 17.7 Å². The Morgan fingerprint density at radius 2 is 2.21 bits per heavy atom. The van der Waals surface area contributed by atoms with E-state index in [9.17, 15) is 0 Å². The van der Waals surface area contributed by atoms with Crippen LogP contribution >= 0.6 is 11.6 Å². The van der Waals surface area contributed by atoms with Crippen LogP contribution in [0.25, 0.3) is 5.52 Å². The van der Waals surface area contributed by atoms with Gasteiger partial charge in [0, 0.05) is 18.5 Å². The van der Waals surface area contributed by atoms with Gasteiger partial charge in [0.15, 0.2) is 5.15 Å². The molecule has 4 nitrogen and oxygen atoms in total. The lowest BCUT2D eigenvalue weighted by Crippen LogP contribution is -2.28. The molecule has 1 fully saturated rings. The van der Waals surface area contributed by atoms with Crippen molar-refractivity contribution < 1.29 is 0 Å². The molecule has 5 heteroatoms. The maximum absolute atomic E-state index is 6.23. The molecule has 3 heterocycles. The summed E-state index contributed by atoms with van der Waals surface area (Å²) in [4.78, 5) is 7.02. The van der Waals surface area contributed by atoms with E-state index < -0.39 is 0 Å². The minimum Gasteiger partial charge on any atom is -0.385 e. The maximum Gasteiger partial charge on any atom is 0.155 e. The molecule has 2 aromatic rings. The number of anilines is 1. The summed E-state index contributed by atoms with van der Waals surface area (Å²) in [6.07, 6.45) is 1.11. The molecule has 1 unspecified atom stereocenters. The highest BCUT2D eigenvalue weighted by molar-refractivity contribution is 6.32. The van der Waals surface area contributed by atoms with Gasteiger partial charge in [0.1, 0.15) is 11.6 Å². The van der Waals surface area contributed by atoms with E-state index in [1.54, 1.807) is 0 Å². The highest BCUT2D eigenvalue weighted by Gasteiger charge is 2.29. The monoisotopic (exact) mass is 278 g/mol. The van der Waals surface area contributed by atoms with E-state index >= 15 is 0 Å². The molecule has 0 saturated carbocycles. The van der Waals surface area contributed by atoms with E-state index in [2.05, 4.69) is 23.7 Å². The van der Waals surface area contributed by atoms with Crippen LogP contribution in [0.2, 0.25) is 5.15 Å². The van der Waals surface area contributed by atoms with Crippen LogP contribution in [0.5, 0.6) is 0 Å². The number of fused-ring (bicyclic) bond motifs is 1. The molecule has 0 radical (unpaired) electrons. The molecule has 19 heavy (non-hydrogen) atoms.